The van der Waals surface area contributed by atoms with Crippen LogP contribution in [0, 0.1) is 0 Å². The van der Waals surface area contributed by atoms with Gasteiger partial charge < -0.3 is 19.5 Å². The molecule has 1 amide bonds. The molecule has 5 nitrogen and oxygen atoms in total. The van der Waals surface area contributed by atoms with E-state index in [2.05, 4.69) is 5.32 Å². The second kappa shape index (κ2) is 11.0. The van der Waals surface area contributed by atoms with E-state index in [1.807, 2.05) is 60.7 Å². The standard InChI is InChI=1S/C25H27NO4/c1-28-23-11-8-19(9-12-23)14-15-26-25(27)21-10-13-24(29-2)22(16-21)18-30-17-20-6-4-3-5-7-20/h3-13,16H,14-15,17-18H2,1-2H3,(H,26,27). The van der Waals surface area contributed by atoms with E-state index in [0.29, 0.717) is 31.1 Å². The van der Waals surface area contributed by atoms with Crippen LogP contribution in [0.3, 0.4) is 0 Å². The molecular weight excluding hydrogens is 378 g/mol. The first kappa shape index (κ1) is 21.4. The summed E-state index contributed by atoms with van der Waals surface area (Å²) in [6, 6.07) is 23.2. The maximum atomic E-state index is 12.6. The second-order valence-electron chi connectivity index (χ2n) is 6.86. The molecule has 0 atom stereocenters. The Hall–Kier alpha value is -3.31. The van der Waals surface area contributed by atoms with Gasteiger partial charge in [0.1, 0.15) is 11.5 Å². The van der Waals surface area contributed by atoms with E-state index in [0.717, 1.165) is 28.9 Å². The Bertz CT molecular complexity index is 939. The number of methoxy groups -OCH3 is 2. The molecule has 30 heavy (non-hydrogen) atoms. The number of ether oxygens (including phenoxy) is 3. The Kier molecular flexibility index (Phi) is 7.86. The van der Waals surface area contributed by atoms with Crippen LogP contribution in [-0.4, -0.2) is 26.7 Å². The van der Waals surface area contributed by atoms with Crippen molar-refractivity contribution < 1.29 is 19.0 Å². The van der Waals surface area contributed by atoms with Gasteiger partial charge in [-0.3, -0.25) is 4.79 Å². The Balaban J connectivity index is 1.55. The van der Waals surface area contributed by atoms with E-state index in [-0.39, 0.29) is 5.91 Å². The predicted octanol–water partition coefficient (Wildman–Crippen LogP) is 4.39. The molecule has 0 spiro atoms. The topological polar surface area (TPSA) is 56.8 Å². The van der Waals surface area contributed by atoms with Crippen LogP contribution < -0.4 is 14.8 Å². The maximum absolute atomic E-state index is 12.6. The van der Waals surface area contributed by atoms with Crippen molar-refractivity contribution in [2.75, 3.05) is 20.8 Å². The Morgan fingerprint density at radius 3 is 2.30 bits per heavy atom. The number of amides is 1. The van der Waals surface area contributed by atoms with Gasteiger partial charge in [-0.2, -0.15) is 0 Å². The third-order valence-electron chi connectivity index (χ3n) is 4.77. The Labute approximate surface area is 177 Å². The van der Waals surface area contributed by atoms with Gasteiger partial charge in [0.05, 0.1) is 27.4 Å². The lowest BCUT2D eigenvalue weighted by Gasteiger charge is -2.12. The maximum Gasteiger partial charge on any atom is 0.251 e. The summed E-state index contributed by atoms with van der Waals surface area (Å²) in [5.74, 6) is 1.41. The molecule has 0 radical (unpaired) electrons. The number of carbonyl (C=O) groups excluding carboxylic acids is 1. The first-order valence-electron chi connectivity index (χ1n) is 9.89. The average Bonchev–Trinajstić information content (AvgIpc) is 2.80. The van der Waals surface area contributed by atoms with Crippen molar-refractivity contribution in [3.05, 3.63) is 95.1 Å². The van der Waals surface area contributed by atoms with Crippen molar-refractivity contribution >= 4 is 5.91 Å². The van der Waals surface area contributed by atoms with Gasteiger partial charge in [0.15, 0.2) is 0 Å². The lowest BCUT2D eigenvalue weighted by molar-refractivity contribution is 0.0951. The number of hydrogen-bond acceptors (Lipinski definition) is 4. The molecule has 0 aliphatic carbocycles. The summed E-state index contributed by atoms with van der Waals surface area (Å²) in [5, 5.41) is 2.97. The van der Waals surface area contributed by atoms with Crippen LogP contribution in [0.15, 0.2) is 72.8 Å². The average molecular weight is 405 g/mol. The normalized spacial score (nSPS) is 10.5. The summed E-state index contributed by atoms with van der Waals surface area (Å²) in [7, 11) is 3.26. The molecule has 156 valence electrons. The van der Waals surface area contributed by atoms with E-state index in [1.54, 1.807) is 26.4 Å². The molecule has 0 heterocycles. The molecule has 0 fully saturated rings. The fourth-order valence-electron chi connectivity index (χ4n) is 3.10. The zero-order chi connectivity index (χ0) is 21.2. The largest absolute Gasteiger partial charge is 0.497 e. The van der Waals surface area contributed by atoms with Gasteiger partial charge in [0, 0.05) is 17.7 Å². The van der Waals surface area contributed by atoms with Crippen molar-refractivity contribution in [3.8, 4) is 11.5 Å². The number of hydrogen-bond donors (Lipinski definition) is 1. The van der Waals surface area contributed by atoms with Crippen molar-refractivity contribution in [1.29, 1.82) is 0 Å². The fraction of sp³-hybridized carbons (Fsp3) is 0.240. The molecule has 3 aromatic carbocycles. The second-order valence-corrected chi connectivity index (χ2v) is 6.86. The molecular formula is C25H27NO4. The number of carbonyl (C=O) groups is 1. The van der Waals surface area contributed by atoms with Crippen LogP contribution in [0.4, 0.5) is 0 Å². The van der Waals surface area contributed by atoms with Crippen molar-refractivity contribution in [3.63, 3.8) is 0 Å². The number of rotatable bonds is 10. The summed E-state index contributed by atoms with van der Waals surface area (Å²) in [4.78, 5) is 12.6. The zero-order valence-electron chi connectivity index (χ0n) is 17.4. The highest BCUT2D eigenvalue weighted by Gasteiger charge is 2.10. The molecule has 0 aliphatic rings. The molecule has 0 bridgehead atoms. The molecule has 3 aromatic rings. The molecule has 3 rings (SSSR count). The first-order chi connectivity index (χ1) is 14.7. The molecule has 0 saturated heterocycles. The summed E-state index contributed by atoms with van der Waals surface area (Å²) in [5.41, 5.74) is 3.67. The van der Waals surface area contributed by atoms with E-state index in [4.69, 9.17) is 14.2 Å². The summed E-state index contributed by atoms with van der Waals surface area (Å²) < 4.78 is 16.4. The smallest absolute Gasteiger partial charge is 0.251 e. The highest BCUT2D eigenvalue weighted by atomic mass is 16.5. The van der Waals surface area contributed by atoms with Crippen LogP contribution >= 0.6 is 0 Å². The van der Waals surface area contributed by atoms with Gasteiger partial charge in [-0.15, -0.1) is 0 Å². The minimum absolute atomic E-state index is 0.115. The van der Waals surface area contributed by atoms with Crippen molar-refractivity contribution in [2.45, 2.75) is 19.6 Å². The molecule has 0 unspecified atom stereocenters. The monoisotopic (exact) mass is 405 g/mol. The highest BCUT2D eigenvalue weighted by Crippen LogP contribution is 2.21. The van der Waals surface area contributed by atoms with Crippen LogP contribution in [-0.2, 0) is 24.4 Å². The van der Waals surface area contributed by atoms with Crippen molar-refractivity contribution in [1.82, 2.24) is 5.32 Å². The van der Waals surface area contributed by atoms with Gasteiger partial charge in [-0.05, 0) is 47.9 Å². The first-order valence-corrected chi connectivity index (χ1v) is 9.89. The molecule has 0 aromatic heterocycles. The van der Waals surface area contributed by atoms with Crippen LogP contribution in [0.2, 0.25) is 0 Å². The van der Waals surface area contributed by atoms with Crippen molar-refractivity contribution in [2.24, 2.45) is 0 Å². The Morgan fingerprint density at radius 2 is 1.60 bits per heavy atom. The van der Waals surface area contributed by atoms with Gasteiger partial charge >= 0.3 is 0 Å². The third-order valence-corrected chi connectivity index (χ3v) is 4.77. The molecule has 0 saturated carbocycles. The zero-order valence-corrected chi connectivity index (χ0v) is 17.4. The third kappa shape index (κ3) is 6.09. The van der Waals surface area contributed by atoms with E-state index >= 15 is 0 Å². The van der Waals surface area contributed by atoms with Gasteiger partial charge in [0.2, 0.25) is 0 Å². The number of nitrogens with one attached hydrogen (secondary N) is 1. The molecule has 1 N–H and O–H groups in total. The van der Waals surface area contributed by atoms with Crippen LogP contribution in [0.5, 0.6) is 11.5 Å². The van der Waals surface area contributed by atoms with E-state index < -0.39 is 0 Å². The quantitative estimate of drug-likeness (QED) is 0.543. The summed E-state index contributed by atoms with van der Waals surface area (Å²) in [6.07, 6.45) is 0.749. The molecule has 0 aliphatic heterocycles. The lowest BCUT2D eigenvalue weighted by Crippen LogP contribution is -2.25. The van der Waals surface area contributed by atoms with Gasteiger partial charge in [-0.25, -0.2) is 0 Å². The van der Waals surface area contributed by atoms with Crippen LogP contribution in [0.1, 0.15) is 27.0 Å². The fourth-order valence-corrected chi connectivity index (χ4v) is 3.10. The molecule has 5 heteroatoms. The predicted molar refractivity (Wildman–Crippen MR) is 117 cm³/mol. The summed E-state index contributed by atoms with van der Waals surface area (Å²) >= 11 is 0. The lowest BCUT2D eigenvalue weighted by atomic mass is 10.1. The van der Waals surface area contributed by atoms with Gasteiger partial charge in [-0.1, -0.05) is 42.5 Å². The minimum Gasteiger partial charge on any atom is -0.497 e. The highest BCUT2D eigenvalue weighted by molar-refractivity contribution is 5.94. The number of benzene rings is 3. The van der Waals surface area contributed by atoms with E-state index in [1.165, 1.54) is 0 Å². The minimum atomic E-state index is -0.115. The summed E-state index contributed by atoms with van der Waals surface area (Å²) in [6.45, 7) is 1.42. The van der Waals surface area contributed by atoms with Crippen LogP contribution in [0.25, 0.3) is 0 Å². The Morgan fingerprint density at radius 1 is 0.833 bits per heavy atom. The SMILES string of the molecule is COc1ccc(CCNC(=O)c2ccc(OC)c(COCc3ccccc3)c2)cc1. The van der Waals surface area contributed by atoms with E-state index in [9.17, 15) is 4.79 Å². The van der Waals surface area contributed by atoms with Gasteiger partial charge in [0.25, 0.3) is 5.91 Å².